The van der Waals surface area contributed by atoms with Crippen LogP contribution in [0, 0.1) is 5.92 Å². The van der Waals surface area contributed by atoms with Crippen molar-refractivity contribution in [3.05, 3.63) is 65.2 Å². The molecule has 1 amide bonds. The Morgan fingerprint density at radius 2 is 1.46 bits per heavy atom. The van der Waals surface area contributed by atoms with Gasteiger partial charge in [0.1, 0.15) is 5.75 Å². The molecular weight excluding hydrogens is 450 g/mol. The van der Waals surface area contributed by atoms with Crippen LogP contribution in [0.5, 0.6) is 17.2 Å². The molecule has 0 saturated carbocycles. The maximum atomic E-state index is 13.0. The monoisotopic (exact) mass is 481 g/mol. The average molecular weight is 482 g/mol. The Kier molecular flexibility index (Phi) is 10.2. The number of benzene rings is 2. The lowest BCUT2D eigenvalue weighted by molar-refractivity contribution is -0.137. The van der Waals surface area contributed by atoms with Crippen molar-refractivity contribution in [2.24, 2.45) is 5.92 Å². The van der Waals surface area contributed by atoms with Crippen molar-refractivity contribution in [2.75, 3.05) is 20.2 Å². The molecule has 8 heteroatoms. The molecule has 186 valence electrons. The maximum absolute atomic E-state index is 13.0. The number of carbonyl (C=O) groups excluding carboxylic acids is 3. The first-order valence-corrected chi connectivity index (χ1v) is 11.2. The lowest BCUT2D eigenvalue weighted by Crippen LogP contribution is -2.35. The molecule has 0 radical (unpaired) electrons. The Labute approximate surface area is 204 Å². The zero-order valence-corrected chi connectivity index (χ0v) is 20.1. The molecule has 0 aromatic heterocycles. The van der Waals surface area contributed by atoms with Crippen LogP contribution in [0.15, 0.2) is 48.6 Å². The number of amides is 1. The minimum absolute atomic E-state index is 0.0439. The Morgan fingerprint density at radius 3 is 1.97 bits per heavy atom. The molecule has 0 fully saturated rings. The number of aliphatic hydroxyl groups is 1. The number of hydrogen-bond acceptors (Lipinski definition) is 7. The lowest BCUT2D eigenvalue weighted by Gasteiger charge is -2.20. The Morgan fingerprint density at radius 1 is 0.914 bits per heavy atom. The third-order valence-corrected chi connectivity index (χ3v) is 5.54. The van der Waals surface area contributed by atoms with Gasteiger partial charge in [0, 0.05) is 25.1 Å². The fourth-order valence-corrected chi connectivity index (χ4v) is 3.44. The number of nitrogens with zero attached hydrogens (tertiary/aromatic N) is 1. The number of aliphatic hydroxyl groups excluding tert-OH is 1. The van der Waals surface area contributed by atoms with Gasteiger partial charge < -0.3 is 25.0 Å². The van der Waals surface area contributed by atoms with E-state index in [2.05, 4.69) is 0 Å². The molecule has 2 rings (SSSR count). The Bertz CT molecular complexity index is 1040. The van der Waals surface area contributed by atoms with E-state index in [4.69, 9.17) is 4.74 Å². The molecule has 0 aliphatic rings. The number of rotatable bonds is 12. The van der Waals surface area contributed by atoms with E-state index < -0.39 is 17.5 Å². The SMILES string of the molecule is CCN(CC)C(=O)CC(C(=O)C=Cc1ccc(O)c(CO)c1)C(=O)C=Cc1ccc(O)c(OC)c1. The second-order valence-corrected chi connectivity index (χ2v) is 7.77. The standard InChI is InChI=1S/C27H31NO7/c1-4-28(5-2)27(34)16-21(23(31)11-7-18-6-10-22(30)20(14-18)17-29)24(32)12-8-19-9-13-25(33)26(15-19)35-3/h6-15,21,29-30,33H,4-5,16-17H2,1-3H3. The number of phenols is 2. The third-order valence-electron chi connectivity index (χ3n) is 5.54. The van der Waals surface area contributed by atoms with Crippen LogP contribution in [0.25, 0.3) is 12.2 Å². The summed E-state index contributed by atoms with van der Waals surface area (Å²) in [4.78, 5) is 40.3. The predicted octanol–water partition coefficient (Wildman–Crippen LogP) is 3.34. The first-order chi connectivity index (χ1) is 16.7. The molecule has 2 aromatic carbocycles. The molecule has 3 N–H and O–H groups in total. The van der Waals surface area contributed by atoms with Gasteiger partial charge in [0.2, 0.25) is 5.91 Å². The highest BCUT2D eigenvalue weighted by molar-refractivity contribution is 6.15. The highest BCUT2D eigenvalue weighted by Gasteiger charge is 2.27. The van der Waals surface area contributed by atoms with Crippen LogP contribution in [0.1, 0.15) is 37.0 Å². The molecule has 2 aromatic rings. The number of ether oxygens (including phenoxy) is 1. The molecule has 35 heavy (non-hydrogen) atoms. The average Bonchev–Trinajstić information content (AvgIpc) is 2.86. The van der Waals surface area contributed by atoms with Gasteiger partial charge >= 0.3 is 0 Å². The summed E-state index contributed by atoms with van der Waals surface area (Å²) in [6.07, 6.45) is 5.15. The van der Waals surface area contributed by atoms with Crippen molar-refractivity contribution >= 4 is 29.6 Å². The lowest BCUT2D eigenvalue weighted by atomic mass is 9.92. The van der Waals surface area contributed by atoms with Crippen molar-refractivity contribution in [2.45, 2.75) is 26.9 Å². The molecule has 1 atom stereocenters. The summed E-state index contributed by atoms with van der Waals surface area (Å²) >= 11 is 0. The van der Waals surface area contributed by atoms with Gasteiger partial charge in [-0.1, -0.05) is 24.3 Å². The molecular formula is C27H31NO7. The largest absolute Gasteiger partial charge is 0.508 e. The zero-order chi connectivity index (χ0) is 26.0. The molecule has 8 nitrogen and oxygen atoms in total. The number of carbonyl (C=O) groups is 3. The molecule has 0 aliphatic heterocycles. The number of methoxy groups -OCH3 is 1. The molecule has 0 saturated heterocycles. The summed E-state index contributed by atoms with van der Waals surface area (Å²) in [7, 11) is 1.41. The smallest absolute Gasteiger partial charge is 0.223 e. The Balaban J connectivity index is 2.30. The van der Waals surface area contributed by atoms with Crippen LogP contribution >= 0.6 is 0 Å². The Hall–Kier alpha value is -3.91. The van der Waals surface area contributed by atoms with Crippen LogP contribution in [0.3, 0.4) is 0 Å². The van der Waals surface area contributed by atoms with Crippen molar-refractivity contribution in [3.63, 3.8) is 0 Å². The number of ketones is 2. The highest BCUT2D eigenvalue weighted by Crippen LogP contribution is 2.27. The van der Waals surface area contributed by atoms with E-state index in [1.807, 2.05) is 13.8 Å². The molecule has 0 heterocycles. The summed E-state index contributed by atoms with van der Waals surface area (Å²) in [6.45, 7) is 4.19. The van der Waals surface area contributed by atoms with Gasteiger partial charge in [-0.3, -0.25) is 14.4 Å². The topological polar surface area (TPSA) is 124 Å². The molecule has 1 unspecified atom stereocenters. The minimum atomic E-state index is -1.22. The fourth-order valence-electron chi connectivity index (χ4n) is 3.44. The van der Waals surface area contributed by atoms with E-state index in [1.54, 1.807) is 23.1 Å². The summed E-state index contributed by atoms with van der Waals surface area (Å²) in [5, 5.41) is 28.8. The van der Waals surface area contributed by atoms with Crippen molar-refractivity contribution in [3.8, 4) is 17.2 Å². The van der Waals surface area contributed by atoms with Gasteiger partial charge in [0.15, 0.2) is 23.1 Å². The second kappa shape index (κ2) is 13.1. The van der Waals surface area contributed by atoms with Gasteiger partial charge in [0.25, 0.3) is 0 Å². The summed E-state index contributed by atoms with van der Waals surface area (Å²) in [5.41, 5.74) is 1.43. The van der Waals surface area contributed by atoms with E-state index >= 15 is 0 Å². The predicted molar refractivity (Wildman–Crippen MR) is 133 cm³/mol. The van der Waals surface area contributed by atoms with Crippen molar-refractivity contribution in [1.29, 1.82) is 0 Å². The minimum Gasteiger partial charge on any atom is -0.508 e. The van der Waals surface area contributed by atoms with Gasteiger partial charge in [0.05, 0.1) is 19.6 Å². The summed E-state index contributed by atoms with van der Waals surface area (Å²) in [5.74, 6) is -2.47. The normalized spacial score (nSPS) is 12.1. The fraction of sp³-hybridized carbons (Fsp3) is 0.296. The molecule has 0 spiro atoms. The number of allylic oxidation sites excluding steroid dienone is 2. The van der Waals surface area contributed by atoms with Gasteiger partial charge in [-0.25, -0.2) is 0 Å². The zero-order valence-electron chi connectivity index (χ0n) is 20.1. The second-order valence-electron chi connectivity index (χ2n) is 7.77. The van der Waals surface area contributed by atoms with E-state index in [1.165, 1.54) is 49.6 Å². The quantitative estimate of drug-likeness (QED) is 0.314. The van der Waals surface area contributed by atoms with Crippen LogP contribution in [-0.4, -0.2) is 57.9 Å². The van der Waals surface area contributed by atoms with Gasteiger partial charge in [-0.2, -0.15) is 0 Å². The number of hydrogen-bond donors (Lipinski definition) is 3. The first kappa shape index (κ1) is 27.3. The summed E-state index contributed by atoms with van der Waals surface area (Å²) in [6, 6.07) is 9.04. The van der Waals surface area contributed by atoms with E-state index in [0.29, 0.717) is 29.8 Å². The molecule has 0 aliphatic carbocycles. The van der Waals surface area contributed by atoms with Crippen molar-refractivity contribution < 1.29 is 34.4 Å². The van der Waals surface area contributed by atoms with E-state index in [-0.39, 0.29) is 36.2 Å². The van der Waals surface area contributed by atoms with Gasteiger partial charge in [-0.15, -0.1) is 0 Å². The van der Waals surface area contributed by atoms with Crippen LogP contribution in [0.2, 0.25) is 0 Å². The highest BCUT2D eigenvalue weighted by atomic mass is 16.5. The maximum Gasteiger partial charge on any atom is 0.223 e. The van der Waals surface area contributed by atoms with Crippen LogP contribution in [-0.2, 0) is 21.0 Å². The first-order valence-electron chi connectivity index (χ1n) is 11.2. The molecule has 0 bridgehead atoms. The van der Waals surface area contributed by atoms with Crippen molar-refractivity contribution in [1.82, 2.24) is 4.90 Å². The number of aromatic hydroxyl groups is 2. The third kappa shape index (κ3) is 7.55. The number of phenolic OH excluding ortho intramolecular Hbond substituents is 1. The van der Waals surface area contributed by atoms with Crippen LogP contribution < -0.4 is 4.74 Å². The van der Waals surface area contributed by atoms with Crippen LogP contribution in [0.4, 0.5) is 0 Å². The van der Waals surface area contributed by atoms with Gasteiger partial charge in [-0.05, 0) is 61.4 Å². The summed E-state index contributed by atoms with van der Waals surface area (Å²) < 4.78 is 5.07. The van der Waals surface area contributed by atoms with E-state index in [9.17, 15) is 29.7 Å². The van der Waals surface area contributed by atoms with E-state index in [0.717, 1.165) is 0 Å².